The largest absolute Gasteiger partial charge is 0.298 e. The molecule has 0 unspecified atom stereocenters. The number of carbonyl (C=O) groups is 1. The summed E-state index contributed by atoms with van der Waals surface area (Å²) in [6.45, 7) is 6.33. The summed E-state index contributed by atoms with van der Waals surface area (Å²) in [5.41, 5.74) is 3.64. The van der Waals surface area contributed by atoms with Crippen molar-refractivity contribution in [1.29, 1.82) is 0 Å². The second-order valence-corrected chi connectivity index (χ2v) is 4.82. The van der Waals surface area contributed by atoms with Crippen molar-refractivity contribution in [3.8, 4) is 11.3 Å². The summed E-state index contributed by atoms with van der Waals surface area (Å²) in [5, 5.41) is 4.64. The molecule has 0 amide bonds. The van der Waals surface area contributed by atoms with Gasteiger partial charge in [-0.2, -0.15) is 5.10 Å². The minimum atomic E-state index is 0.358. The first kappa shape index (κ1) is 13.5. The second-order valence-electron chi connectivity index (χ2n) is 4.82. The molecule has 0 aliphatic rings. The van der Waals surface area contributed by atoms with Gasteiger partial charge in [-0.25, -0.2) is 0 Å². The monoisotopic (exact) mass is 256 g/mol. The maximum absolute atomic E-state index is 11.3. The minimum absolute atomic E-state index is 0.358. The molecule has 0 saturated heterocycles. The van der Waals surface area contributed by atoms with Crippen molar-refractivity contribution < 1.29 is 4.79 Å². The fourth-order valence-corrected chi connectivity index (χ4v) is 2.39. The van der Waals surface area contributed by atoms with Crippen LogP contribution in [0.5, 0.6) is 0 Å². The number of aromatic nitrogens is 2. The average molecular weight is 256 g/mol. The summed E-state index contributed by atoms with van der Waals surface area (Å²) in [4.78, 5) is 11.3. The van der Waals surface area contributed by atoms with Gasteiger partial charge in [0.2, 0.25) is 0 Å². The van der Waals surface area contributed by atoms with Gasteiger partial charge in [-0.1, -0.05) is 38.1 Å². The van der Waals surface area contributed by atoms with Gasteiger partial charge < -0.3 is 0 Å². The maximum atomic E-state index is 11.3. The molecule has 100 valence electrons. The van der Waals surface area contributed by atoms with Gasteiger partial charge in [0.1, 0.15) is 5.69 Å². The molecule has 1 aromatic carbocycles. The van der Waals surface area contributed by atoms with E-state index in [2.05, 4.69) is 18.9 Å². The van der Waals surface area contributed by atoms with Gasteiger partial charge in [-0.05, 0) is 25.3 Å². The first-order valence-corrected chi connectivity index (χ1v) is 6.81. The Bertz CT molecular complexity index is 568. The van der Waals surface area contributed by atoms with Crippen molar-refractivity contribution in [2.24, 2.45) is 0 Å². The number of carbonyl (C=O) groups excluding carboxylic acids is 1. The van der Waals surface area contributed by atoms with E-state index in [1.54, 1.807) is 0 Å². The quantitative estimate of drug-likeness (QED) is 0.757. The fourth-order valence-electron chi connectivity index (χ4n) is 2.39. The van der Waals surface area contributed by atoms with Crippen LogP contribution >= 0.6 is 0 Å². The van der Waals surface area contributed by atoms with E-state index in [-0.39, 0.29) is 0 Å². The van der Waals surface area contributed by atoms with E-state index in [0.717, 1.165) is 35.9 Å². The zero-order chi connectivity index (χ0) is 13.8. The molecule has 1 aromatic heterocycles. The number of aldehydes is 1. The predicted octanol–water partition coefficient (Wildman–Crippen LogP) is 4.03. The molecule has 0 bridgehead atoms. The Hall–Kier alpha value is -1.90. The molecular weight excluding hydrogens is 236 g/mol. The summed E-state index contributed by atoms with van der Waals surface area (Å²) in [5.74, 6) is 0. The summed E-state index contributed by atoms with van der Waals surface area (Å²) >= 11 is 0. The van der Waals surface area contributed by atoms with E-state index in [4.69, 9.17) is 0 Å². The normalized spacial score (nSPS) is 10.9. The van der Waals surface area contributed by atoms with Crippen molar-refractivity contribution >= 4 is 6.29 Å². The summed E-state index contributed by atoms with van der Waals surface area (Å²) in [6, 6.07) is 8.39. The Morgan fingerprint density at radius 1 is 1.26 bits per heavy atom. The lowest BCUT2D eigenvalue weighted by Crippen LogP contribution is -2.07. The molecule has 1 heterocycles. The topological polar surface area (TPSA) is 34.9 Å². The molecule has 0 aliphatic heterocycles. The molecule has 0 atom stereocenters. The third-order valence-corrected chi connectivity index (χ3v) is 3.60. The Balaban J connectivity index is 2.52. The van der Waals surface area contributed by atoms with Gasteiger partial charge in [0.25, 0.3) is 0 Å². The van der Waals surface area contributed by atoms with Crippen LogP contribution in [0.1, 0.15) is 48.7 Å². The van der Waals surface area contributed by atoms with Crippen LogP contribution in [0, 0.1) is 6.92 Å². The lowest BCUT2D eigenvalue weighted by atomic mass is 10.0. The lowest BCUT2D eigenvalue weighted by Gasteiger charge is -2.12. The first-order valence-electron chi connectivity index (χ1n) is 6.81. The van der Waals surface area contributed by atoms with Crippen LogP contribution in [0.2, 0.25) is 0 Å². The van der Waals surface area contributed by atoms with Crippen LogP contribution in [0.3, 0.4) is 0 Å². The molecule has 0 saturated carbocycles. The maximum Gasteiger partial charge on any atom is 0.153 e. The first-order chi connectivity index (χ1) is 9.21. The second kappa shape index (κ2) is 5.83. The highest BCUT2D eigenvalue weighted by molar-refractivity contribution is 5.86. The van der Waals surface area contributed by atoms with E-state index in [1.807, 2.05) is 42.1 Å². The van der Waals surface area contributed by atoms with E-state index in [9.17, 15) is 4.79 Å². The van der Waals surface area contributed by atoms with Gasteiger partial charge in [-0.3, -0.25) is 9.48 Å². The van der Waals surface area contributed by atoms with Crippen molar-refractivity contribution in [1.82, 2.24) is 9.78 Å². The van der Waals surface area contributed by atoms with Crippen LogP contribution in [-0.4, -0.2) is 16.1 Å². The molecule has 19 heavy (non-hydrogen) atoms. The van der Waals surface area contributed by atoms with Crippen LogP contribution in [0.15, 0.2) is 30.5 Å². The van der Waals surface area contributed by atoms with E-state index in [1.165, 1.54) is 0 Å². The average Bonchev–Trinajstić information content (AvgIpc) is 2.84. The van der Waals surface area contributed by atoms with Crippen molar-refractivity contribution in [3.63, 3.8) is 0 Å². The molecular formula is C16H20N2O. The summed E-state index contributed by atoms with van der Waals surface area (Å²) < 4.78 is 1.94. The number of benzene rings is 1. The summed E-state index contributed by atoms with van der Waals surface area (Å²) in [6.07, 6.45) is 4.80. The third kappa shape index (κ3) is 2.60. The smallest absolute Gasteiger partial charge is 0.153 e. The van der Waals surface area contributed by atoms with Crippen LogP contribution < -0.4 is 0 Å². The van der Waals surface area contributed by atoms with Gasteiger partial charge in [-0.15, -0.1) is 0 Å². The molecule has 3 nitrogen and oxygen atoms in total. The molecule has 3 heteroatoms. The standard InChI is InChI=1S/C16H20N2O/c1-4-14(5-2)18-10-13(11-19)16(17-18)15-9-7-6-8-12(15)3/h6-11,14H,4-5H2,1-3H3. The molecule has 2 aromatic rings. The van der Waals surface area contributed by atoms with E-state index in [0.29, 0.717) is 11.6 Å². The number of rotatable bonds is 5. The highest BCUT2D eigenvalue weighted by atomic mass is 16.1. The van der Waals surface area contributed by atoms with Crippen LogP contribution in [0.25, 0.3) is 11.3 Å². The lowest BCUT2D eigenvalue weighted by molar-refractivity contribution is 0.112. The number of hydrogen-bond acceptors (Lipinski definition) is 2. The Kier molecular flexibility index (Phi) is 4.15. The molecule has 0 N–H and O–H groups in total. The molecule has 0 aliphatic carbocycles. The Morgan fingerprint density at radius 2 is 1.95 bits per heavy atom. The van der Waals surface area contributed by atoms with Crippen molar-refractivity contribution in [2.45, 2.75) is 39.7 Å². The number of hydrogen-bond donors (Lipinski definition) is 0. The molecule has 0 fully saturated rings. The van der Waals surface area contributed by atoms with E-state index < -0.39 is 0 Å². The zero-order valence-corrected chi connectivity index (χ0v) is 11.8. The minimum Gasteiger partial charge on any atom is -0.298 e. The SMILES string of the molecule is CCC(CC)n1cc(C=O)c(-c2ccccc2C)n1. The highest BCUT2D eigenvalue weighted by Gasteiger charge is 2.15. The Labute approximate surface area is 114 Å². The third-order valence-electron chi connectivity index (χ3n) is 3.60. The van der Waals surface area contributed by atoms with Crippen LogP contribution in [0.4, 0.5) is 0 Å². The van der Waals surface area contributed by atoms with Crippen LogP contribution in [-0.2, 0) is 0 Å². The molecule has 2 rings (SSSR count). The van der Waals surface area contributed by atoms with Gasteiger partial charge in [0.05, 0.1) is 11.6 Å². The van der Waals surface area contributed by atoms with Gasteiger partial charge >= 0.3 is 0 Å². The van der Waals surface area contributed by atoms with E-state index >= 15 is 0 Å². The van der Waals surface area contributed by atoms with Gasteiger partial charge in [0, 0.05) is 11.8 Å². The van der Waals surface area contributed by atoms with Crippen molar-refractivity contribution in [3.05, 3.63) is 41.6 Å². The highest BCUT2D eigenvalue weighted by Crippen LogP contribution is 2.26. The predicted molar refractivity (Wildman–Crippen MR) is 77.4 cm³/mol. The molecule has 0 radical (unpaired) electrons. The summed E-state index contributed by atoms with van der Waals surface area (Å²) in [7, 11) is 0. The Morgan fingerprint density at radius 3 is 2.53 bits per heavy atom. The fraction of sp³-hybridized carbons (Fsp3) is 0.375. The molecule has 0 spiro atoms. The number of aryl methyl sites for hydroxylation is 1. The van der Waals surface area contributed by atoms with Crippen molar-refractivity contribution in [2.75, 3.05) is 0 Å². The number of nitrogens with zero attached hydrogens (tertiary/aromatic N) is 2. The zero-order valence-electron chi connectivity index (χ0n) is 11.8. The van der Waals surface area contributed by atoms with Gasteiger partial charge in [0.15, 0.2) is 6.29 Å².